The second-order valence-corrected chi connectivity index (χ2v) is 7.46. The van der Waals surface area contributed by atoms with E-state index in [1.54, 1.807) is 11.8 Å². The van der Waals surface area contributed by atoms with Crippen LogP contribution in [0.3, 0.4) is 0 Å². The van der Waals surface area contributed by atoms with E-state index in [0.717, 1.165) is 28.8 Å². The smallest absolute Gasteiger partial charge is 0.247 e. The maximum absolute atomic E-state index is 13.0. The van der Waals surface area contributed by atoms with Crippen LogP contribution >= 0.6 is 11.8 Å². The summed E-state index contributed by atoms with van der Waals surface area (Å²) in [7, 11) is 0. The van der Waals surface area contributed by atoms with E-state index >= 15 is 0 Å². The summed E-state index contributed by atoms with van der Waals surface area (Å²) in [6, 6.07) is 12.3. The Balaban J connectivity index is 1.87. The predicted octanol–water partition coefficient (Wildman–Crippen LogP) is 4.96. The molecule has 0 saturated carbocycles. The topological polar surface area (TPSA) is 39.0 Å². The predicted molar refractivity (Wildman–Crippen MR) is 107 cm³/mol. The summed E-state index contributed by atoms with van der Waals surface area (Å²) in [6.07, 6.45) is 8.88. The fraction of sp³-hybridized carbons (Fsp3) is 0.350. The lowest BCUT2D eigenvalue weighted by Gasteiger charge is -2.19. The zero-order valence-electron chi connectivity index (χ0n) is 15.0. The summed E-state index contributed by atoms with van der Waals surface area (Å²) in [5.41, 5.74) is 2.03. The fourth-order valence-electron chi connectivity index (χ4n) is 3.16. The van der Waals surface area contributed by atoms with Crippen LogP contribution in [-0.2, 0) is 4.79 Å². The Hall–Kier alpha value is -2.14. The van der Waals surface area contributed by atoms with Crippen LogP contribution < -0.4 is 5.32 Å². The first-order chi connectivity index (χ1) is 12.1. The van der Waals surface area contributed by atoms with Gasteiger partial charge in [0, 0.05) is 30.0 Å². The second kappa shape index (κ2) is 7.83. The van der Waals surface area contributed by atoms with Crippen molar-refractivity contribution in [2.24, 2.45) is 0 Å². The number of carbonyl (C=O) groups excluding carboxylic acids is 1. The molecule has 2 heterocycles. The van der Waals surface area contributed by atoms with Crippen molar-refractivity contribution in [2.45, 2.75) is 32.4 Å². The summed E-state index contributed by atoms with van der Waals surface area (Å²) in [4.78, 5) is 13.0. The van der Waals surface area contributed by atoms with Gasteiger partial charge in [-0.25, -0.2) is 0 Å². The van der Waals surface area contributed by atoms with Gasteiger partial charge in [0.2, 0.25) is 5.91 Å². The first-order valence-corrected chi connectivity index (χ1v) is 10.0. The van der Waals surface area contributed by atoms with Gasteiger partial charge in [0.25, 0.3) is 0 Å². The molecular formula is C20H25N3OS. The number of nitrogens with zero attached hydrogens (tertiary/aromatic N) is 2. The molecule has 0 radical (unpaired) electrons. The van der Waals surface area contributed by atoms with E-state index in [2.05, 4.69) is 48.3 Å². The molecule has 0 unspecified atom stereocenters. The van der Waals surface area contributed by atoms with Crippen molar-refractivity contribution in [3.05, 3.63) is 55.0 Å². The number of aromatic nitrogens is 2. The number of benzene rings is 1. The molecule has 1 atom stereocenters. The van der Waals surface area contributed by atoms with Gasteiger partial charge < -0.3 is 14.5 Å². The minimum atomic E-state index is -0.190. The van der Waals surface area contributed by atoms with Crippen LogP contribution in [0.4, 0.5) is 5.69 Å². The van der Waals surface area contributed by atoms with Crippen LogP contribution in [0.5, 0.6) is 0 Å². The minimum absolute atomic E-state index is 0.0371. The molecular weight excluding hydrogens is 330 g/mol. The van der Waals surface area contributed by atoms with Crippen LogP contribution in [0.15, 0.2) is 55.0 Å². The van der Waals surface area contributed by atoms with Gasteiger partial charge in [-0.2, -0.15) is 11.8 Å². The Morgan fingerprint density at radius 3 is 2.56 bits per heavy atom. The molecule has 1 N–H and O–H groups in total. The zero-order chi connectivity index (χ0) is 17.8. The number of hydrogen-bond donors (Lipinski definition) is 1. The standard InChI is InChI=1S/C20H25N3OS/c1-15(2)23-13-9-16-17(7-6-8-18(16)23)21-20(24)19(10-14-25-3)22-11-4-5-12-22/h4-9,11-13,15,19H,10,14H2,1-3H3,(H,21,24)/t19-/m1/s1. The van der Waals surface area contributed by atoms with Gasteiger partial charge in [0.05, 0.1) is 11.2 Å². The molecule has 3 rings (SSSR count). The highest BCUT2D eigenvalue weighted by Crippen LogP contribution is 2.28. The van der Waals surface area contributed by atoms with E-state index < -0.39 is 0 Å². The van der Waals surface area contributed by atoms with E-state index in [1.165, 1.54) is 0 Å². The average Bonchev–Trinajstić information content (AvgIpc) is 3.25. The molecule has 1 aromatic carbocycles. The number of fused-ring (bicyclic) bond motifs is 1. The molecule has 0 bridgehead atoms. The van der Waals surface area contributed by atoms with Crippen LogP contribution in [0.2, 0.25) is 0 Å². The van der Waals surface area contributed by atoms with Gasteiger partial charge in [-0.05, 0) is 62.6 Å². The van der Waals surface area contributed by atoms with Gasteiger partial charge in [0.1, 0.15) is 6.04 Å². The SMILES string of the molecule is CSCC[C@H](C(=O)Nc1cccc2c1ccn2C(C)C)n1cccc1. The molecule has 1 amide bonds. The van der Waals surface area contributed by atoms with Crippen LogP contribution in [0.25, 0.3) is 10.9 Å². The first-order valence-electron chi connectivity index (χ1n) is 8.63. The number of amides is 1. The summed E-state index contributed by atoms with van der Waals surface area (Å²) in [5, 5.41) is 4.24. The van der Waals surface area contributed by atoms with E-state index in [9.17, 15) is 4.79 Å². The molecule has 4 nitrogen and oxygen atoms in total. The highest BCUT2D eigenvalue weighted by molar-refractivity contribution is 7.98. The minimum Gasteiger partial charge on any atom is -0.345 e. The van der Waals surface area contributed by atoms with E-state index in [4.69, 9.17) is 0 Å². The lowest BCUT2D eigenvalue weighted by Crippen LogP contribution is -2.26. The average molecular weight is 356 g/mol. The monoisotopic (exact) mass is 355 g/mol. The van der Waals surface area contributed by atoms with Crippen LogP contribution in [-0.4, -0.2) is 27.1 Å². The largest absolute Gasteiger partial charge is 0.345 e. The molecule has 0 aliphatic rings. The third-order valence-corrected chi connectivity index (χ3v) is 5.11. The third-order valence-electron chi connectivity index (χ3n) is 4.46. The highest BCUT2D eigenvalue weighted by Gasteiger charge is 2.20. The maximum Gasteiger partial charge on any atom is 0.247 e. The second-order valence-electron chi connectivity index (χ2n) is 6.47. The maximum atomic E-state index is 13.0. The summed E-state index contributed by atoms with van der Waals surface area (Å²) in [6.45, 7) is 4.32. The first kappa shape index (κ1) is 17.7. The van der Waals surface area contributed by atoms with Crippen LogP contribution in [0.1, 0.15) is 32.4 Å². The molecule has 3 aromatic rings. The molecule has 0 saturated heterocycles. The summed E-state index contributed by atoms with van der Waals surface area (Å²) < 4.78 is 4.22. The van der Waals surface area contributed by atoms with Crippen molar-refractivity contribution < 1.29 is 4.79 Å². The molecule has 0 aliphatic carbocycles. The fourth-order valence-corrected chi connectivity index (χ4v) is 3.62. The molecule has 5 heteroatoms. The van der Waals surface area contributed by atoms with Crippen molar-refractivity contribution in [1.29, 1.82) is 0 Å². The van der Waals surface area contributed by atoms with E-state index in [1.807, 2.05) is 41.2 Å². The number of anilines is 1. The third kappa shape index (κ3) is 3.76. The van der Waals surface area contributed by atoms with Crippen molar-refractivity contribution in [3.63, 3.8) is 0 Å². The molecule has 0 spiro atoms. The van der Waals surface area contributed by atoms with E-state index in [-0.39, 0.29) is 11.9 Å². The Labute approximate surface area is 153 Å². The van der Waals surface area contributed by atoms with Crippen molar-refractivity contribution in [1.82, 2.24) is 9.13 Å². The number of nitrogens with one attached hydrogen (secondary N) is 1. The number of thioether (sulfide) groups is 1. The molecule has 132 valence electrons. The molecule has 0 aliphatic heterocycles. The molecule has 2 aromatic heterocycles. The summed E-state index contributed by atoms with van der Waals surface area (Å²) >= 11 is 1.76. The Bertz CT molecular complexity index is 836. The van der Waals surface area contributed by atoms with Gasteiger partial charge in [-0.3, -0.25) is 4.79 Å². The number of carbonyl (C=O) groups is 1. The highest BCUT2D eigenvalue weighted by atomic mass is 32.2. The Morgan fingerprint density at radius 2 is 1.88 bits per heavy atom. The van der Waals surface area contributed by atoms with Crippen LogP contribution in [0, 0.1) is 0 Å². The zero-order valence-corrected chi connectivity index (χ0v) is 15.8. The normalized spacial score (nSPS) is 12.6. The Kier molecular flexibility index (Phi) is 5.53. The molecule has 25 heavy (non-hydrogen) atoms. The van der Waals surface area contributed by atoms with Gasteiger partial charge >= 0.3 is 0 Å². The lowest BCUT2D eigenvalue weighted by atomic mass is 10.1. The van der Waals surface area contributed by atoms with Gasteiger partial charge in [-0.1, -0.05) is 6.07 Å². The van der Waals surface area contributed by atoms with Crippen molar-refractivity contribution >= 4 is 34.3 Å². The van der Waals surface area contributed by atoms with Gasteiger partial charge in [-0.15, -0.1) is 0 Å². The van der Waals surface area contributed by atoms with Gasteiger partial charge in [0.15, 0.2) is 0 Å². The lowest BCUT2D eigenvalue weighted by molar-refractivity contribution is -0.119. The molecule has 0 fully saturated rings. The van der Waals surface area contributed by atoms with Crippen molar-refractivity contribution in [3.8, 4) is 0 Å². The van der Waals surface area contributed by atoms with E-state index in [0.29, 0.717) is 6.04 Å². The number of hydrogen-bond acceptors (Lipinski definition) is 2. The summed E-state index contributed by atoms with van der Waals surface area (Å²) in [5.74, 6) is 0.986. The van der Waals surface area contributed by atoms with Crippen molar-refractivity contribution in [2.75, 3.05) is 17.3 Å². The quantitative estimate of drug-likeness (QED) is 0.651. The Morgan fingerprint density at radius 1 is 1.12 bits per heavy atom. The number of rotatable bonds is 7.